The molecule has 3 N–H and O–H groups in total. The van der Waals surface area contributed by atoms with Crippen molar-refractivity contribution >= 4 is 11.3 Å². The van der Waals surface area contributed by atoms with E-state index in [0.717, 1.165) is 17.7 Å². The second kappa shape index (κ2) is 8.01. The number of hydrazine groups is 1. The summed E-state index contributed by atoms with van der Waals surface area (Å²) in [5, 5.41) is 2.07. The summed E-state index contributed by atoms with van der Waals surface area (Å²) in [5.74, 6) is 6.57. The highest BCUT2D eigenvalue weighted by molar-refractivity contribution is 7.09. The molecule has 0 saturated carbocycles. The van der Waals surface area contributed by atoms with E-state index < -0.39 is 0 Å². The summed E-state index contributed by atoms with van der Waals surface area (Å²) in [5.41, 5.74) is 3.95. The summed E-state index contributed by atoms with van der Waals surface area (Å²) < 4.78 is 10.8. The predicted octanol–water partition coefficient (Wildman–Crippen LogP) is 2.52. The lowest BCUT2D eigenvalue weighted by atomic mass is 10.0. The molecular formula is C15H20N2O2S. The van der Waals surface area contributed by atoms with Crippen molar-refractivity contribution in [3.05, 3.63) is 52.2 Å². The fourth-order valence-corrected chi connectivity index (χ4v) is 2.78. The predicted molar refractivity (Wildman–Crippen MR) is 81.9 cm³/mol. The highest BCUT2D eigenvalue weighted by Gasteiger charge is 2.15. The fraction of sp³-hybridized carbons (Fsp3) is 0.333. The SMILES string of the molecule is COCCOc1ccccc1C(Cc1cccs1)NN. The summed E-state index contributed by atoms with van der Waals surface area (Å²) in [6.45, 7) is 1.10. The molecule has 0 saturated heterocycles. The molecule has 1 unspecified atom stereocenters. The molecule has 1 atom stereocenters. The van der Waals surface area contributed by atoms with Gasteiger partial charge in [-0.25, -0.2) is 0 Å². The van der Waals surface area contributed by atoms with Crippen molar-refractivity contribution in [2.24, 2.45) is 5.84 Å². The van der Waals surface area contributed by atoms with Crippen LogP contribution in [0, 0.1) is 0 Å². The number of benzene rings is 1. The molecule has 1 aromatic carbocycles. The lowest BCUT2D eigenvalue weighted by Crippen LogP contribution is -2.29. The molecule has 5 heteroatoms. The first-order chi connectivity index (χ1) is 9.85. The molecule has 0 aliphatic rings. The highest BCUT2D eigenvalue weighted by atomic mass is 32.1. The van der Waals surface area contributed by atoms with E-state index in [1.165, 1.54) is 4.88 Å². The molecule has 1 heterocycles. The van der Waals surface area contributed by atoms with Crippen LogP contribution in [0.4, 0.5) is 0 Å². The van der Waals surface area contributed by atoms with Crippen LogP contribution in [-0.4, -0.2) is 20.3 Å². The molecule has 0 spiro atoms. The Morgan fingerprint density at radius 1 is 1.20 bits per heavy atom. The van der Waals surface area contributed by atoms with Crippen LogP contribution in [0.5, 0.6) is 5.75 Å². The van der Waals surface area contributed by atoms with Crippen molar-refractivity contribution in [3.8, 4) is 5.75 Å². The van der Waals surface area contributed by atoms with Crippen molar-refractivity contribution in [3.63, 3.8) is 0 Å². The van der Waals surface area contributed by atoms with Crippen molar-refractivity contribution in [1.82, 2.24) is 5.43 Å². The number of rotatable bonds is 8. The van der Waals surface area contributed by atoms with Gasteiger partial charge in [0.2, 0.25) is 0 Å². The Hall–Kier alpha value is -1.40. The van der Waals surface area contributed by atoms with Crippen LogP contribution in [0.3, 0.4) is 0 Å². The van der Waals surface area contributed by atoms with Gasteiger partial charge in [0.15, 0.2) is 0 Å². The van der Waals surface area contributed by atoms with E-state index in [2.05, 4.69) is 22.9 Å². The Labute approximate surface area is 123 Å². The van der Waals surface area contributed by atoms with Crippen molar-refractivity contribution in [1.29, 1.82) is 0 Å². The number of ether oxygens (including phenoxy) is 2. The number of hydrogen-bond acceptors (Lipinski definition) is 5. The van der Waals surface area contributed by atoms with Crippen LogP contribution < -0.4 is 16.0 Å². The van der Waals surface area contributed by atoms with Crippen LogP contribution in [-0.2, 0) is 11.2 Å². The smallest absolute Gasteiger partial charge is 0.124 e. The van der Waals surface area contributed by atoms with Crippen LogP contribution in [0.15, 0.2) is 41.8 Å². The maximum Gasteiger partial charge on any atom is 0.124 e. The Bertz CT molecular complexity index is 502. The Morgan fingerprint density at radius 2 is 2.05 bits per heavy atom. The normalized spacial score (nSPS) is 12.3. The largest absolute Gasteiger partial charge is 0.491 e. The van der Waals surface area contributed by atoms with Gasteiger partial charge in [0.1, 0.15) is 12.4 Å². The second-order valence-corrected chi connectivity index (χ2v) is 5.41. The zero-order valence-electron chi connectivity index (χ0n) is 11.5. The van der Waals surface area contributed by atoms with Crippen LogP contribution >= 0.6 is 11.3 Å². The molecule has 0 amide bonds. The standard InChI is InChI=1S/C15H20N2O2S/c1-18-8-9-19-15-7-3-2-6-13(15)14(17-16)11-12-5-4-10-20-12/h2-7,10,14,17H,8-9,11,16H2,1H3. The molecule has 0 bridgehead atoms. The average Bonchev–Trinajstić information content (AvgIpc) is 2.99. The lowest BCUT2D eigenvalue weighted by molar-refractivity contribution is 0.145. The van der Waals surface area contributed by atoms with Gasteiger partial charge in [-0.1, -0.05) is 24.3 Å². The molecule has 4 nitrogen and oxygen atoms in total. The van der Waals surface area contributed by atoms with E-state index in [1.54, 1.807) is 18.4 Å². The van der Waals surface area contributed by atoms with Crippen molar-refractivity contribution in [2.75, 3.05) is 20.3 Å². The minimum absolute atomic E-state index is 0.0346. The third-order valence-corrected chi connectivity index (χ3v) is 3.92. The molecule has 20 heavy (non-hydrogen) atoms. The summed E-state index contributed by atoms with van der Waals surface area (Å²) in [6.07, 6.45) is 0.846. The third kappa shape index (κ3) is 4.05. The van der Waals surface area contributed by atoms with Gasteiger partial charge in [0, 0.05) is 24.0 Å². The Balaban J connectivity index is 2.11. The molecule has 0 fully saturated rings. The fourth-order valence-electron chi connectivity index (χ4n) is 2.02. The van der Waals surface area contributed by atoms with E-state index in [-0.39, 0.29) is 6.04 Å². The minimum atomic E-state index is 0.0346. The van der Waals surface area contributed by atoms with Gasteiger partial charge in [0.05, 0.1) is 12.6 Å². The maximum absolute atomic E-state index is 5.76. The first kappa shape index (κ1) is 15.0. The van der Waals surface area contributed by atoms with Crippen LogP contribution in [0.2, 0.25) is 0 Å². The second-order valence-electron chi connectivity index (χ2n) is 4.38. The first-order valence-electron chi connectivity index (χ1n) is 6.54. The molecule has 0 aliphatic heterocycles. The molecule has 108 valence electrons. The summed E-state index contributed by atoms with van der Waals surface area (Å²) in [6, 6.07) is 12.2. The van der Waals surface area contributed by atoms with Gasteiger partial charge in [-0.2, -0.15) is 0 Å². The summed E-state index contributed by atoms with van der Waals surface area (Å²) in [7, 11) is 1.66. The molecule has 2 aromatic rings. The van der Waals surface area contributed by atoms with E-state index in [1.807, 2.05) is 24.3 Å². The number of hydrogen-bond donors (Lipinski definition) is 2. The third-order valence-electron chi connectivity index (χ3n) is 3.03. The van der Waals surface area contributed by atoms with E-state index in [0.29, 0.717) is 13.2 Å². The number of para-hydroxylation sites is 1. The molecule has 1 aromatic heterocycles. The maximum atomic E-state index is 5.76. The van der Waals surface area contributed by atoms with E-state index in [4.69, 9.17) is 15.3 Å². The van der Waals surface area contributed by atoms with Crippen LogP contribution in [0.1, 0.15) is 16.5 Å². The summed E-state index contributed by atoms with van der Waals surface area (Å²) in [4.78, 5) is 1.29. The monoisotopic (exact) mass is 292 g/mol. The molecule has 2 rings (SSSR count). The number of thiophene rings is 1. The first-order valence-corrected chi connectivity index (χ1v) is 7.42. The minimum Gasteiger partial charge on any atom is -0.491 e. The van der Waals surface area contributed by atoms with E-state index >= 15 is 0 Å². The quantitative estimate of drug-likeness (QED) is 0.446. The topological polar surface area (TPSA) is 56.5 Å². The van der Waals surface area contributed by atoms with Crippen molar-refractivity contribution in [2.45, 2.75) is 12.5 Å². The zero-order valence-corrected chi connectivity index (χ0v) is 12.4. The number of nitrogens with one attached hydrogen (secondary N) is 1. The Morgan fingerprint density at radius 3 is 2.75 bits per heavy atom. The Kier molecular flexibility index (Phi) is 6.01. The molecule has 0 aliphatic carbocycles. The highest BCUT2D eigenvalue weighted by Crippen LogP contribution is 2.28. The zero-order chi connectivity index (χ0) is 14.2. The van der Waals surface area contributed by atoms with Gasteiger partial charge in [-0.3, -0.25) is 11.3 Å². The molecular weight excluding hydrogens is 272 g/mol. The number of methoxy groups -OCH3 is 1. The lowest BCUT2D eigenvalue weighted by Gasteiger charge is -2.19. The number of nitrogens with two attached hydrogens (primary N) is 1. The van der Waals surface area contributed by atoms with Gasteiger partial charge in [0.25, 0.3) is 0 Å². The van der Waals surface area contributed by atoms with Gasteiger partial charge >= 0.3 is 0 Å². The van der Waals surface area contributed by atoms with Gasteiger partial charge in [-0.15, -0.1) is 11.3 Å². The molecule has 0 radical (unpaired) electrons. The van der Waals surface area contributed by atoms with Crippen LogP contribution in [0.25, 0.3) is 0 Å². The van der Waals surface area contributed by atoms with Gasteiger partial charge in [-0.05, 0) is 17.5 Å². The average molecular weight is 292 g/mol. The van der Waals surface area contributed by atoms with E-state index in [9.17, 15) is 0 Å². The van der Waals surface area contributed by atoms with Crippen molar-refractivity contribution < 1.29 is 9.47 Å². The summed E-state index contributed by atoms with van der Waals surface area (Å²) >= 11 is 1.73. The van der Waals surface area contributed by atoms with Gasteiger partial charge < -0.3 is 9.47 Å².